The van der Waals surface area contributed by atoms with Crippen LogP contribution in [0, 0.1) is 0 Å². The van der Waals surface area contributed by atoms with Crippen LogP contribution in [0.2, 0.25) is 5.02 Å². The Morgan fingerprint density at radius 3 is 2.37 bits per heavy atom. The third kappa shape index (κ3) is 4.13. The van der Waals surface area contributed by atoms with E-state index in [2.05, 4.69) is 15.9 Å². The standard InChI is InChI=1S/C18H18BrClN2O4S/c1-26-16-7-6-13(12-14(16)19)18(23)21-8-10-22(11-9-21)27(24,25)17-5-3-2-4-15(17)20/h2-7,12H,8-11H2,1H3. The van der Waals surface area contributed by atoms with Gasteiger partial charge >= 0.3 is 0 Å². The van der Waals surface area contributed by atoms with Crippen LogP contribution in [0.3, 0.4) is 0 Å². The maximum atomic E-state index is 12.8. The van der Waals surface area contributed by atoms with Gasteiger partial charge in [0.2, 0.25) is 10.0 Å². The average molecular weight is 474 g/mol. The van der Waals surface area contributed by atoms with Crippen LogP contribution in [-0.4, -0.2) is 56.8 Å². The molecule has 1 aliphatic heterocycles. The van der Waals surface area contributed by atoms with Crippen LogP contribution in [0.15, 0.2) is 51.8 Å². The summed E-state index contributed by atoms with van der Waals surface area (Å²) >= 11 is 9.41. The summed E-state index contributed by atoms with van der Waals surface area (Å²) in [5.41, 5.74) is 0.519. The van der Waals surface area contributed by atoms with Gasteiger partial charge in [-0.05, 0) is 46.3 Å². The zero-order valence-corrected chi connectivity index (χ0v) is 17.7. The molecule has 3 rings (SSSR count). The molecule has 6 nitrogen and oxygen atoms in total. The van der Waals surface area contributed by atoms with Crippen molar-refractivity contribution in [2.45, 2.75) is 4.90 Å². The summed E-state index contributed by atoms with van der Waals surface area (Å²) in [6, 6.07) is 11.5. The number of carbonyl (C=O) groups is 1. The molecule has 0 atom stereocenters. The number of rotatable bonds is 4. The molecule has 0 spiro atoms. The Balaban J connectivity index is 1.71. The Morgan fingerprint density at radius 1 is 1.11 bits per heavy atom. The van der Waals surface area contributed by atoms with Crippen molar-refractivity contribution in [2.24, 2.45) is 0 Å². The molecule has 0 N–H and O–H groups in total. The molecule has 0 aliphatic carbocycles. The highest BCUT2D eigenvalue weighted by atomic mass is 79.9. The number of amides is 1. The van der Waals surface area contributed by atoms with Crippen molar-refractivity contribution in [3.05, 3.63) is 57.5 Å². The second kappa shape index (κ2) is 8.18. The van der Waals surface area contributed by atoms with Gasteiger partial charge in [0.1, 0.15) is 10.6 Å². The first-order valence-corrected chi connectivity index (χ1v) is 10.8. The molecule has 0 unspecified atom stereocenters. The quantitative estimate of drug-likeness (QED) is 0.684. The highest BCUT2D eigenvalue weighted by Gasteiger charge is 2.31. The van der Waals surface area contributed by atoms with E-state index in [1.54, 1.807) is 48.4 Å². The third-order valence-corrected chi connectivity index (χ3v) is 7.40. The van der Waals surface area contributed by atoms with E-state index in [4.69, 9.17) is 16.3 Å². The zero-order valence-electron chi connectivity index (χ0n) is 14.6. The molecule has 2 aromatic rings. The number of benzene rings is 2. The second-order valence-electron chi connectivity index (χ2n) is 5.98. The summed E-state index contributed by atoms with van der Waals surface area (Å²) in [6.45, 7) is 1.06. The summed E-state index contributed by atoms with van der Waals surface area (Å²) in [5.74, 6) is 0.496. The molecule has 1 aliphatic rings. The Bertz CT molecular complexity index is 960. The third-order valence-electron chi connectivity index (χ3n) is 4.38. The van der Waals surface area contributed by atoms with Crippen LogP contribution in [0.5, 0.6) is 5.75 Å². The molecular weight excluding hydrogens is 456 g/mol. The van der Waals surface area contributed by atoms with E-state index in [-0.39, 0.29) is 28.9 Å². The lowest BCUT2D eigenvalue weighted by Crippen LogP contribution is -2.50. The first kappa shape index (κ1) is 20.1. The fourth-order valence-corrected chi connectivity index (χ4v) is 5.36. The summed E-state index contributed by atoms with van der Waals surface area (Å²) < 4.78 is 32.8. The Kier molecular flexibility index (Phi) is 6.10. The van der Waals surface area contributed by atoms with Crippen LogP contribution < -0.4 is 4.74 Å². The molecule has 9 heteroatoms. The average Bonchev–Trinajstić information content (AvgIpc) is 2.67. The van der Waals surface area contributed by atoms with Crippen LogP contribution >= 0.6 is 27.5 Å². The van der Waals surface area contributed by atoms with E-state index >= 15 is 0 Å². The van der Waals surface area contributed by atoms with E-state index in [1.807, 2.05) is 0 Å². The van der Waals surface area contributed by atoms with Crippen molar-refractivity contribution in [3.8, 4) is 5.75 Å². The number of methoxy groups -OCH3 is 1. The minimum Gasteiger partial charge on any atom is -0.496 e. The van der Waals surface area contributed by atoms with Gasteiger partial charge in [0.05, 0.1) is 16.6 Å². The highest BCUT2D eigenvalue weighted by molar-refractivity contribution is 9.10. The van der Waals surface area contributed by atoms with Crippen LogP contribution in [0.1, 0.15) is 10.4 Å². The summed E-state index contributed by atoms with van der Waals surface area (Å²) in [6.07, 6.45) is 0. The lowest BCUT2D eigenvalue weighted by molar-refractivity contribution is 0.0698. The predicted octanol–water partition coefficient (Wildman–Crippen LogP) is 3.26. The van der Waals surface area contributed by atoms with Crippen molar-refractivity contribution in [2.75, 3.05) is 33.3 Å². The first-order valence-electron chi connectivity index (χ1n) is 8.22. The van der Waals surface area contributed by atoms with Gasteiger partial charge < -0.3 is 9.64 Å². The van der Waals surface area contributed by atoms with Gasteiger partial charge in [-0.15, -0.1) is 0 Å². The fraction of sp³-hybridized carbons (Fsp3) is 0.278. The largest absolute Gasteiger partial charge is 0.496 e. The number of carbonyl (C=O) groups excluding carboxylic acids is 1. The summed E-state index contributed by atoms with van der Waals surface area (Å²) in [7, 11) is -2.13. The van der Waals surface area contributed by atoms with E-state index in [0.29, 0.717) is 28.9 Å². The second-order valence-corrected chi connectivity index (χ2v) is 9.14. The van der Waals surface area contributed by atoms with Crippen LogP contribution in [-0.2, 0) is 10.0 Å². The topological polar surface area (TPSA) is 66.9 Å². The maximum absolute atomic E-state index is 12.8. The number of piperazine rings is 1. The number of ether oxygens (including phenoxy) is 1. The molecule has 0 radical (unpaired) electrons. The van der Waals surface area contributed by atoms with Gasteiger partial charge in [0.25, 0.3) is 5.91 Å². The van der Waals surface area contributed by atoms with Crippen LogP contribution in [0.4, 0.5) is 0 Å². The van der Waals surface area contributed by atoms with Crippen molar-refractivity contribution in [3.63, 3.8) is 0 Å². The number of halogens is 2. The molecule has 0 bridgehead atoms. The number of hydrogen-bond donors (Lipinski definition) is 0. The molecule has 27 heavy (non-hydrogen) atoms. The van der Waals surface area contributed by atoms with Crippen molar-refractivity contribution >= 4 is 43.5 Å². The number of nitrogens with zero attached hydrogens (tertiary/aromatic N) is 2. The monoisotopic (exact) mass is 472 g/mol. The molecule has 1 amide bonds. The maximum Gasteiger partial charge on any atom is 0.253 e. The minimum atomic E-state index is -3.68. The van der Waals surface area contributed by atoms with E-state index in [9.17, 15) is 13.2 Å². The lowest BCUT2D eigenvalue weighted by atomic mass is 10.2. The molecule has 0 aromatic heterocycles. The minimum absolute atomic E-state index is 0.0885. The Labute approximate surface area is 171 Å². The van der Waals surface area contributed by atoms with Gasteiger partial charge in [0, 0.05) is 31.7 Å². The van der Waals surface area contributed by atoms with Gasteiger partial charge in [-0.3, -0.25) is 4.79 Å². The van der Waals surface area contributed by atoms with Crippen LogP contribution in [0.25, 0.3) is 0 Å². The molecule has 1 saturated heterocycles. The first-order chi connectivity index (χ1) is 12.8. The van der Waals surface area contributed by atoms with Gasteiger partial charge in [0.15, 0.2) is 0 Å². The highest BCUT2D eigenvalue weighted by Crippen LogP contribution is 2.27. The van der Waals surface area contributed by atoms with Gasteiger partial charge in [-0.25, -0.2) is 8.42 Å². The number of hydrogen-bond acceptors (Lipinski definition) is 4. The SMILES string of the molecule is COc1ccc(C(=O)N2CCN(S(=O)(=O)c3ccccc3Cl)CC2)cc1Br. The van der Waals surface area contributed by atoms with Crippen molar-refractivity contribution in [1.82, 2.24) is 9.21 Å². The predicted molar refractivity (Wildman–Crippen MR) is 107 cm³/mol. The Hall–Kier alpha value is -1.61. The van der Waals surface area contributed by atoms with E-state index in [1.165, 1.54) is 10.4 Å². The Morgan fingerprint density at radius 2 is 1.78 bits per heavy atom. The smallest absolute Gasteiger partial charge is 0.253 e. The molecule has 1 heterocycles. The molecule has 2 aromatic carbocycles. The van der Waals surface area contributed by atoms with Gasteiger partial charge in [-0.1, -0.05) is 23.7 Å². The summed E-state index contributed by atoms with van der Waals surface area (Å²) in [5, 5.41) is 0.194. The molecular formula is C18H18BrClN2O4S. The lowest BCUT2D eigenvalue weighted by Gasteiger charge is -2.34. The molecule has 0 saturated carbocycles. The number of sulfonamides is 1. The van der Waals surface area contributed by atoms with Crippen molar-refractivity contribution < 1.29 is 17.9 Å². The van der Waals surface area contributed by atoms with Gasteiger partial charge in [-0.2, -0.15) is 4.31 Å². The fourth-order valence-electron chi connectivity index (χ4n) is 2.91. The summed E-state index contributed by atoms with van der Waals surface area (Å²) in [4.78, 5) is 14.4. The van der Waals surface area contributed by atoms with E-state index in [0.717, 1.165) is 0 Å². The zero-order chi connectivity index (χ0) is 19.6. The molecule has 1 fully saturated rings. The van der Waals surface area contributed by atoms with E-state index < -0.39 is 10.0 Å². The molecule has 144 valence electrons. The van der Waals surface area contributed by atoms with Crippen molar-refractivity contribution in [1.29, 1.82) is 0 Å². The normalized spacial score (nSPS) is 15.6.